The quantitative estimate of drug-likeness (QED) is 0.594. The zero-order valence-corrected chi connectivity index (χ0v) is 9.06. The van der Waals surface area contributed by atoms with Gasteiger partial charge in [0.25, 0.3) is 0 Å². The van der Waals surface area contributed by atoms with Crippen molar-refractivity contribution in [3.05, 3.63) is 29.3 Å². The first kappa shape index (κ1) is 12.0. The minimum atomic E-state index is -1.02. The number of esters is 1. The molecule has 0 aliphatic heterocycles. The van der Waals surface area contributed by atoms with Gasteiger partial charge in [0, 0.05) is 5.69 Å². The van der Waals surface area contributed by atoms with Crippen LogP contribution in [0.3, 0.4) is 0 Å². The number of nitrogens with two attached hydrogens (primary N) is 1. The van der Waals surface area contributed by atoms with E-state index in [1.807, 2.05) is 0 Å². The van der Waals surface area contributed by atoms with Crippen LogP contribution >= 0.6 is 0 Å². The second-order valence-electron chi connectivity index (χ2n) is 3.36. The molecule has 1 aromatic rings. The monoisotopic (exact) mass is 223 g/mol. The van der Waals surface area contributed by atoms with Crippen molar-refractivity contribution in [2.45, 2.75) is 12.8 Å². The van der Waals surface area contributed by atoms with E-state index < -0.39 is 17.9 Å². The Balaban J connectivity index is 3.33. The van der Waals surface area contributed by atoms with Gasteiger partial charge in [0.1, 0.15) is 0 Å². The normalized spacial score (nSPS) is 11.9. The van der Waals surface area contributed by atoms with Gasteiger partial charge in [-0.15, -0.1) is 0 Å². The van der Waals surface area contributed by atoms with Gasteiger partial charge in [0.05, 0.1) is 18.6 Å². The molecule has 5 nitrogen and oxygen atoms in total. The SMILES string of the molecule is COC(=O)c1c(N)cccc1C(C)C(=O)O. The second kappa shape index (κ2) is 4.65. The third-order valence-corrected chi connectivity index (χ3v) is 2.36. The number of hydrogen-bond donors (Lipinski definition) is 2. The van der Waals surface area contributed by atoms with Gasteiger partial charge in [-0.3, -0.25) is 4.79 Å². The van der Waals surface area contributed by atoms with E-state index in [9.17, 15) is 9.59 Å². The maximum atomic E-state index is 11.5. The third-order valence-electron chi connectivity index (χ3n) is 2.36. The standard InChI is InChI=1S/C11H13NO4/c1-6(10(13)14)7-4-3-5-8(12)9(7)11(15)16-2/h3-6H,12H2,1-2H3,(H,13,14). The van der Waals surface area contributed by atoms with Crippen LogP contribution in [-0.4, -0.2) is 24.2 Å². The van der Waals surface area contributed by atoms with Gasteiger partial charge in [-0.2, -0.15) is 0 Å². The lowest BCUT2D eigenvalue weighted by atomic mass is 9.94. The van der Waals surface area contributed by atoms with E-state index in [0.717, 1.165) is 0 Å². The summed E-state index contributed by atoms with van der Waals surface area (Å²) in [5, 5.41) is 8.91. The zero-order chi connectivity index (χ0) is 12.3. The topological polar surface area (TPSA) is 89.6 Å². The highest BCUT2D eigenvalue weighted by Gasteiger charge is 2.23. The molecule has 0 saturated heterocycles. The number of rotatable bonds is 3. The fraction of sp³-hybridized carbons (Fsp3) is 0.273. The molecule has 0 fully saturated rings. The minimum Gasteiger partial charge on any atom is -0.481 e. The Hall–Kier alpha value is -2.04. The molecule has 0 aliphatic carbocycles. The Morgan fingerprint density at radius 1 is 1.44 bits per heavy atom. The summed E-state index contributed by atoms with van der Waals surface area (Å²) in [6, 6.07) is 4.70. The number of ether oxygens (including phenoxy) is 1. The summed E-state index contributed by atoms with van der Waals surface area (Å²) in [5.41, 5.74) is 6.35. The van der Waals surface area contributed by atoms with Crippen molar-refractivity contribution in [1.82, 2.24) is 0 Å². The average molecular weight is 223 g/mol. The molecular formula is C11H13NO4. The molecule has 1 unspecified atom stereocenters. The Morgan fingerprint density at radius 3 is 2.56 bits per heavy atom. The van der Waals surface area contributed by atoms with Crippen molar-refractivity contribution in [2.75, 3.05) is 12.8 Å². The van der Waals surface area contributed by atoms with E-state index in [2.05, 4.69) is 4.74 Å². The molecule has 16 heavy (non-hydrogen) atoms. The molecule has 1 atom stereocenters. The molecule has 1 aromatic carbocycles. The molecule has 0 aromatic heterocycles. The number of benzene rings is 1. The Kier molecular flexibility index (Phi) is 3.50. The van der Waals surface area contributed by atoms with Crippen LogP contribution in [0.5, 0.6) is 0 Å². The number of hydrogen-bond acceptors (Lipinski definition) is 4. The summed E-state index contributed by atoms with van der Waals surface area (Å²) < 4.78 is 4.58. The van der Waals surface area contributed by atoms with Crippen LogP contribution in [0.1, 0.15) is 28.8 Å². The molecule has 0 spiro atoms. The van der Waals surface area contributed by atoms with Crippen LogP contribution in [0.25, 0.3) is 0 Å². The molecule has 0 heterocycles. The first-order valence-electron chi connectivity index (χ1n) is 4.68. The number of carbonyl (C=O) groups is 2. The Morgan fingerprint density at radius 2 is 2.06 bits per heavy atom. The Bertz CT molecular complexity index is 428. The molecular weight excluding hydrogens is 210 g/mol. The lowest BCUT2D eigenvalue weighted by Gasteiger charge is -2.13. The predicted octanol–water partition coefficient (Wildman–Crippen LogP) is 1.24. The maximum absolute atomic E-state index is 11.5. The van der Waals surface area contributed by atoms with E-state index >= 15 is 0 Å². The average Bonchev–Trinajstić information content (AvgIpc) is 2.26. The van der Waals surface area contributed by atoms with Gasteiger partial charge in [0.2, 0.25) is 0 Å². The fourth-order valence-corrected chi connectivity index (χ4v) is 1.42. The van der Waals surface area contributed by atoms with E-state index in [-0.39, 0.29) is 11.3 Å². The smallest absolute Gasteiger partial charge is 0.340 e. The molecule has 0 bridgehead atoms. The summed E-state index contributed by atoms with van der Waals surface area (Å²) in [5.74, 6) is -2.45. The molecule has 86 valence electrons. The number of carbonyl (C=O) groups excluding carboxylic acids is 1. The molecule has 3 N–H and O–H groups in total. The first-order chi connectivity index (χ1) is 7.49. The van der Waals surface area contributed by atoms with E-state index in [4.69, 9.17) is 10.8 Å². The fourth-order valence-electron chi connectivity index (χ4n) is 1.42. The van der Waals surface area contributed by atoms with Crippen molar-refractivity contribution >= 4 is 17.6 Å². The molecule has 0 amide bonds. The Labute approximate surface area is 92.8 Å². The van der Waals surface area contributed by atoms with Crippen molar-refractivity contribution in [1.29, 1.82) is 0 Å². The first-order valence-corrected chi connectivity index (χ1v) is 4.68. The number of carboxylic acids is 1. The lowest BCUT2D eigenvalue weighted by molar-refractivity contribution is -0.138. The van der Waals surface area contributed by atoms with Crippen LogP contribution in [0.4, 0.5) is 5.69 Å². The van der Waals surface area contributed by atoms with Crippen LogP contribution in [0.2, 0.25) is 0 Å². The van der Waals surface area contributed by atoms with Crippen LogP contribution < -0.4 is 5.73 Å². The molecule has 1 rings (SSSR count). The maximum Gasteiger partial charge on any atom is 0.340 e. The van der Waals surface area contributed by atoms with Gasteiger partial charge in [-0.25, -0.2) is 4.79 Å². The molecule has 0 saturated carbocycles. The van der Waals surface area contributed by atoms with E-state index in [1.165, 1.54) is 20.1 Å². The third kappa shape index (κ3) is 2.13. The highest BCUT2D eigenvalue weighted by Crippen LogP contribution is 2.25. The summed E-state index contributed by atoms with van der Waals surface area (Å²) in [7, 11) is 1.23. The van der Waals surface area contributed by atoms with E-state index in [1.54, 1.807) is 12.1 Å². The van der Waals surface area contributed by atoms with Crippen LogP contribution in [0, 0.1) is 0 Å². The van der Waals surface area contributed by atoms with Gasteiger partial charge in [0.15, 0.2) is 0 Å². The predicted molar refractivity (Wildman–Crippen MR) is 58.2 cm³/mol. The highest BCUT2D eigenvalue weighted by atomic mass is 16.5. The van der Waals surface area contributed by atoms with Crippen LogP contribution in [0.15, 0.2) is 18.2 Å². The summed E-state index contributed by atoms with van der Waals surface area (Å²) in [4.78, 5) is 22.4. The molecule has 5 heteroatoms. The van der Waals surface area contributed by atoms with Gasteiger partial charge in [-0.05, 0) is 18.6 Å². The van der Waals surface area contributed by atoms with Crippen molar-refractivity contribution in [3.8, 4) is 0 Å². The lowest BCUT2D eigenvalue weighted by Crippen LogP contribution is -2.15. The van der Waals surface area contributed by atoms with E-state index in [0.29, 0.717) is 5.56 Å². The number of aliphatic carboxylic acids is 1. The largest absolute Gasteiger partial charge is 0.481 e. The summed E-state index contributed by atoms with van der Waals surface area (Å²) >= 11 is 0. The highest BCUT2D eigenvalue weighted by molar-refractivity contribution is 5.98. The van der Waals surface area contributed by atoms with Crippen molar-refractivity contribution in [3.63, 3.8) is 0 Å². The summed E-state index contributed by atoms with van der Waals surface area (Å²) in [6.45, 7) is 1.49. The molecule has 0 aliphatic rings. The minimum absolute atomic E-state index is 0.125. The van der Waals surface area contributed by atoms with Crippen molar-refractivity contribution < 1.29 is 19.4 Å². The summed E-state index contributed by atoms with van der Waals surface area (Å²) in [6.07, 6.45) is 0. The number of anilines is 1. The second-order valence-corrected chi connectivity index (χ2v) is 3.36. The van der Waals surface area contributed by atoms with Crippen LogP contribution in [-0.2, 0) is 9.53 Å². The van der Waals surface area contributed by atoms with Gasteiger partial charge >= 0.3 is 11.9 Å². The number of carboxylic acid groups (broad SMARTS) is 1. The van der Waals surface area contributed by atoms with Gasteiger partial charge in [-0.1, -0.05) is 12.1 Å². The number of nitrogen functional groups attached to an aromatic ring is 1. The number of methoxy groups -OCH3 is 1. The van der Waals surface area contributed by atoms with Gasteiger partial charge < -0.3 is 15.6 Å². The zero-order valence-electron chi connectivity index (χ0n) is 9.06. The van der Waals surface area contributed by atoms with Crippen molar-refractivity contribution in [2.24, 2.45) is 0 Å². The molecule has 0 radical (unpaired) electrons.